The van der Waals surface area contributed by atoms with Crippen molar-refractivity contribution in [2.75, 3.05) is 26.2 Å². The number of nitrogens with zero attached hydrogens (tertiary/aromatic N) is 2. The number of para-hydroxylation sites is 1. The molecule has 2 aliphatic rings. The van der Waals surface area contributed by atoms with Crippen molar-refractivity contribution in [3.05, 3.63) is 41.7 Å². The summed E-state index contributed by atoms with van der Waals surface area (Å²) in [6.07, 6.45) is 9.34. The van der Waals surface area contributed by atoms with Gasteiger partial charge in [-0.25, -0.2) is 0 Å². The molecule has 0 unspecified atom stereocenters. The number of fused-ring (bicyclic) bond motifs is 1. The van der Waals surface area contributed by atoms with Crippen LogP contribution in [0, 0.1) is 5.92 Å². The van der Waals surface area contributed by atoms with Crippen molar-refractivity contribution in [1.29, 1.82) is 0 Å². The molecule has 5 heteroatoms. The molecule has 1 aromatic heterocycles. The number of rotatable bonds is 4. The minimum absolute atomic E-state index is 0.0150. The van der Waals surface area contributed by atoms with E-state index in [-0.39, 0.29) is 11.8 Å². The highest BCUT2D eigenvalue weighted by Gasteiger charge is 2.30. The standard InChI is InChI=1S/C24H30N2O3/c1-2-21-20(19-8-4-5-9-22(19)29-21)10-11-23(27)25-16-12-18(13-17-25)24(28)26-14-6-3-7-15-26/h4-5,8-11,18H,2-3,6-7,12-17H2,1H3/b11-10+. The second-order valence-corrected chi connectivity index (χ2v) is 8.11. The zero-order valence-corrected chi connectivity index (χ0v) is 17.2. The highest BCUT2D eigenvalue weighted by molar-refractivity contribution is 5.96. The second kappa shape index (κ2) is 8.85. The average molecular weight is 395 g/mol. The van der Waals surface area contributed by atoms with Crippen LogP contribution in [-0.2, 0) is 16.0 Å². The Hall–Kier alpha value is -2.56. The lowest BCUT2D eigenvalue weighted by molar-refractivity contribution is -0.140. The molecule has 0 atom stereocenters. The van der Waals surface area contributed by atoms with Crippen molar-refractivity contribution in [2.24, 2.45) is 5.92 Å². The van der Waals surface area contributed by atoms with Gasteiger partial charge in [0.05, 0.1) is 0 Å². The first-order chi connectivity index (χ1) is 14.2. The number of likely N-dealkylation sites (tertiary alicyclic amines) is 2. The maximum atomic E-state index is 12.7. The molecule has 0 radical (unpaired) electrons. The van der Waals surface area contributed by atoms with Crippen LogP contribution < -0.4 is 0 Å². The van der Waals surface area contributed by atoms with E-state index in [1.807, 2.05) is 40.1 Å². The number of hydrogen-bond donors (Lipinski definition) is 0. The normalized spacial score (nSPS) is 18.7. The van der Waals surface area contributed by atoms with Crippen LogP contribution in [0.4, 0.5) is 0 Å². The van der Waals surface area contributed by atoms with Gasteiger partial charge in [-0.05, 0) is 44.2 Å². The van der Waals surface area contributed by atoms with Crippen molar-refractivity contribution >= 4 is 28.9 Å². The molecule has 2 aromatic rings. The van der Waals surface area contributed by atoms with Crippen molar-refractivity contribution in [2.45, 2.75) is 45.4 Å². The van der Waals surface area contributed by atoms with Gasteiger partial charge in [0.2, 0.25) is 11.8 Å². The topological polar surface area (TPSA) is 53.8 Å². The molecular formula is C24H30N2O3. The van der Waals surface area contributed by atoms with Crippen LogP contribution in [-0.4, -0.2) is 47.8 Å². The fourth-order valence-electron chi connectivity index (χ4n) is 4.54. The number of aryl methyl sites for hydroxylation is 1. The number of carbonyl (C=O) groups excluding carboxylic acids is 2. The largest absolute Gasteiger partial charge is 0.460 e. The fourth-order valence-corrected chi connectivity index (χ4v) is 4.54. The molecule has 29 heavy (non-hydrogen) atoms. The Bertz CT molecular complexity index is 900. The molecule has 1 aromatic carbocycles. The Balaban J connectivity index is 1.37. The number of amides is 2. The first kappa shape index (κ1) is 19.7. The van der Waals surface area contributed by atoms with Crippen LogP contribution in [0.2, 0.25) is 0 Å². The zero-order valence-electron chi connectivity index (χ0n) is 17.2. The van der Waals surface area contributed by atoms with E-state index in [4.69, 9.17) is 4.42 Å². The maximum absolute atomic E-state index is 12.7. The molecule has 4 rings (SSSR count). The predicted octanol–water partition coefficient (Wildman–Crippen LogP) is 4.26. The molecular weight excluding hydrogens is 364 g/mol. The fraction of sp³-hybridized carbons (Fsp3) is 0.500. The van der Waals surface area contributed by atoms with Gasteiger partial charge in [0.25, 0.3) is 0 Å². The summed E-state index contributed by atoms with van der Waals surface area (Å²) in [5.41, 5.74) is 1.85. The van der Waals surface area contributed by atoms with E-state index in [0.29, 0.717) is 19.0 Å². The van der Waals surface area contributed by atoms with Gasteiger partial charge in [-0.3, -0.25) is 9.59 Å². The van der Waals surface area contributed by atoms with E-state index in [9.17, 15) is 9.59 Å². The van der Waals surface area contributed by atoms with Crippen molar-refractivity contribution in [1.82, 2.24) is 9.80 Å². The molecule has 2 amide bonds. The lowest BCUT2D eigenvalue weighted by Gasteiger charge is -2.35. The molecule has 5 nitrogen and oxygen atoms in total. The van der Waals surface area contributed by atoms with E-state index in [2.05, 4.69) is 6.92 Å². The number of benzene rings is 1. The minimum Gasteiger partial charge on any atom is -0.460 e. The summed E-state index contributed by atoms with van der Waals surface area (Å²) < 4.78 is 5.91. The van der Waals surface area contributed by atoms with Gasteiger partial charge in [-0.15, -0.1) is 0 Å². The summed E-state index contributed by atoms with van der Waals surface area (Å²) in [6.45, 7) is 5.17. The summed E-state index contributed by atoms with van der Waals surface area (Å²) in [7, 11) is 0. The molecule has 2 fully saturated rings. The Labute approximate surface area is 172 Å². The summed E-state index contributed by atoms with van der Waals surface area (Å²) in [5, 5.41) is 1.04. The van der Waals surface area contributed by atoms with Crippen LogP contribution in [0.3, 0.4) is 0 Å². The van der Waals surface area contributed by atoms with E-state index < -0.39 is 0 Å². The van der Waals surface area contributed by atoms with Crippen LogP contribution in [0.1, 0.15) is 50.4 Å². The average Bonchev–Trinajstić information content (AvgIpc) is 3.15. The van der Waals surface area contributed by atoms with Crippen molar-refractivity contribution in [3.8, 4) is 0 Å². The van der Waals surface area contributed by atoms with Gasteiger partial charge in [0.15, 0.2) is 0 Å². The highest BCUT2D eigenvalue weighted by Crippen LogP contribution is 2.28. The minimum atomic E-state index is 0.0150. The SMILES string of the molecule is CCc1oc2ccccc2c1/C=C/C(=O)N1CCC(C(=O)N2CCCCC2)CC1. The van der Waals surface area contributed by atoms with Crippen LogP contribution in [0.15, 0.2) is 34.8 Å². The smallest absolute Gasteiger partial charge is 0.246 e. The van der Waals surface area contributed by atoms with Gasteiger partial charge in [-0.1, -0.05) is 25.1 Å². The molecule has 154 valence electrons. The summed E-state index contributed by atoms with van der Waals surface area (Å²) in [4.78, 5) is 29.3. The molecule has 2 saturated heterocycles. The lowest BCUT2D eigenvalue weighted by Crippen LogP contribution is -2.45. The van der Waals surface area contributed by atoms with Crippen LogP contribution in [0.25, 0.3) is 17.0 Å². The molecule has 0 N–H and O–H groups in total. The summed E-state index contributed by atoms with van der Waals surface area (Å²) in [5.74, 6) is 1.29. The maximum Gasteiger partial charge on any atom is 0.246 e. The lowest BCUT2D eigenvalue weighted by atomic mass is 9.94. The summed E-state index contributed by atoms with van der Waals surface area (Å²) >= 11 is 0. The molecule has 0 bridgehead atoms. The summed E-state index contributed by atoms with van der Waals surface area (Å²) in [6, 6.07) is 7.93. The molecule has 2 aliphatic heterocycles. The molecule has 0 aliphatic carbocycles. The highest BCUT2D eigenvalue weighted by atomic mass is 16.3. The third-order valence-electron chi connectivity index (χ3n) is 6.25. The first-order valence-electron chi connectivity index (χ1n) is 10.9. The number of furan rings is 1. The van der Waals surface area contributed by atoms with Gasteiger partial charge in [0.1, 0.15) is 11.3 Å². The van der Waals surface area contributed by atoms with E-state index in [0.717, 1.165) is 67.5 Å². The second-order valence-electron chi connectivity index (χ2n) is 8.11. The number of hydrogen-bond acceptors (Lipinski definition) is 3. The van der Waals surface area contributed by atoms with Crippen molar-refractivity contribution < 1.29 is 14.0 Å². The number of carbonyl (C=O) groups is 2. The Morgan fingerprint density at radius 3 is 2.48 bits per heavy atom. The van der Waals surface area contributed by atoms with Gasteiger partial charge in [-0.2, -0.15) is 0 Å². The number of piperidine rings is 2. The zero-order chi connectivity index (χ0) is 20.2. The van der Waals surface area contributed by atoms with E-state index >= 15 is 0 Å². The Morgan fingerprint density at radius 2 is 1.76 bits per heavy atom. The van der Waals surface area contributed by atoms with Crippen LogP contribution >= 0.6 is 0 Å². The Kier molecular flexibility index (Phi) is 6.02. The van der Waals surface area contributed by atoms with Gasteiger partial charge in [0, 0.05) is 55.5 Å². The van der Waals surface area contributed by atoms with Gasteiger partial charge >= 0.3 is 0 Å². The van der Waals surface area contributed by atoms with Crippen molar-refractivity contribution in [3.63, 3.8) is 0 Å². The Morgan fingerprint density at radius 1 is 1.03 bits per heavy atom. The third kappa shape index (κ3) is 4.24. The molecule has 0 saturated carbocycles. The van der Waals surface area contributed by atoms with E-state index in [1.165, 1.54) is 6.42 Å². The quantitative estimate of drug-likeness (QED) is 0.728. The van der Waals surface area contributed by atoms with Gasteiger partial charge < -0.3 is 14.2 Å². The molecule has 0 spiro atoms. The monoisotopic (exact) mass is 394 g/mol. The predicted molar refractivity (Wildman–Crippen MR) is 114 cm³/mol. The van der Waals surface area contributed by atoms with E-state index in [1.54, 1.807) is 6.08 Å². The third-order valence-corrected chi connectivity index (χ3v) is 6.25. The van der Waals surface area contributed by atoms with Crippen LogP contribution in [0.5, 0.6) is 0 Å². The molecule has 3 heterocycles. The first-order valence-corrected chi connectivity index (χ1v) is 10.9.